The molecule has 3 heteroatoms. The van der Waals surface area contributed by atoms with E-state index in [4.69, 9.17) is 4.74 Å². The second-order valence-electron chi connectivity index (χ2n) is 6.49. The lowest BCUT2D eigenvalue weighted by Crippen LogP contribution is -2.40. The lowest BCUT2D eigenvalue weighted by Gasteiger charge is -2.38. The van der Waals surface area contributed by atoms with Gasteiger partial charge in [0.1, 0.15) is 11.4 Å². The van der Waals surface area contributed by atoms with Gasteiger partial charge in [0.15, 0.2) is 0 Å². The molecule has 1 N–H and O–H groups in total. The summed E-state index contributed by atoms with van der Waals surface area (Å²) in [4.78, 5) is 2.48. The van der Waals surface area contributed by atoms with Crippen LogP contribution in [0.4, 0.5) is 0 Å². The first-order chi connectivity index (χ1) is 10.1. The Morgan fingerprint density at radius 1 is 1.24 bits per heavy atom. The van der Waals surface area contributed by atoms with E-state index < -0.39 is 0 Å². The van der Waals surface area contributed by atoms with Crippen LogP contribution in [0.2, 0.25) is 0 Å². The fourth-order valence-corrected chi connectivity index (χ4v) is 3.10. The van der Waals surface area contributed by atoms with Crippen LogP contribution < -0.4 is 10.1 Å². The molecule has 0 bridgehead atoms. The van der Waals surface area contributed by atoms with Crippen molar-refractivity contribution in [2.24, 2.45) is 0 Å². The van der Waals surface area contributed by atoms with Gasteiger partial charge in [-0.05, 0) is 52.5 Å². The van der Waals surface area contributed by atoms with E-state index in [1.54, 1.807) is 0 Å². The van der Waals surface area contributed by atoms with Crippen molar-refractivity contribution in [1.82, 2.24) is 10.2 Å². The van der Waals surface area contributed by atoms with Crippen LogP contribution in [-0.4, -0.2) is 36.7 Å². The number of ether oxygens (including phenoxy) is 1. The predicted molar refractivity (Wildman–Crippen MR) is 88.9 cm³/mol. The molecule has 0 aromatic heterocycles. The molecule has 1 aliphatic heterocycles. The first-order valence-electron chi connectivity index (χ1n) is 8.29. The third-order valence-corrected chi connectivity index (χ3v) is 4.31. The summed E-state index contributed by atoms with van der Waals surface area (Å²) < 4.78 is 6.08. The molecule has 1 aromatic rings. The minimum absolute atomic E-state index is 0.0924. The van der Waals surface area contributed by atoms with Crippen LogP contribution in [0, 0.1) is 0 Å². The van der Waals surface area contributed by atoms with Crippen LogP contribution >= 0.6 is 0 Å². The molecular weight excluding hydrogens is 260 g/mol. The maximum atomic E-state index is 6.08. The maximum absolute atomic E-state index is 6.08. The number of nitrogens with zero attached hydrogens (tertiary/aromatic N) is 1. The average molecular weight is 290 g/mol. The standard InChI is InChI=1S/C18H30N2O/c1-5-20(6-2)13-9-12-19-16-14-18(3,4)21-17-11-8-7-10-15(16)17/h7-8,10-11,16,19H,5-6,9,12-14H2,1-4H3. The largest absolute Gasteiger partial charge is 0.487 e. The van der Waals surface area contributed by atoms with Crippen LogP contribution in [0.5, 0.6) is 5.75 Å². The quantitative estimate of drug-likeness (QED) is 0.776. The molecule has 2 rings (SSSR count). The van der Waals surface area contributed by atoms with Crippen molar-refractivity contribution in [1.29, 1.82) is 0 Å². The Hall–Kier alpha value is -1.06. The Balaban J connectivity index is 1.91. The smallest absolute Gasteiger partial charge is 0.124 e. The fourth-order valence-electron chi connectivity index (χ4n) is 3.10. The molecule has 0 amide bonds. The highest BCUT2D eigenvalue weighted by Gasteiger charge is 2.32. The summed E-state index contributed by atoms with van der Waals surface area (Å²) in [5.74, 6) is 1.04. The van der Waals surface area contributed by atoms with E-state index in [9.17, 15) is 0 Å². The molecule has 0 aliphatic carbocycles. The lowest BCUT2D eigenvalue weighted by molar-refractivity contribution is 0.0659. The van der Waals surface area contributed by atoms with Crippen molar-refractivity contribution < 1.29 is 4.74 Å². The van der Waals surface area contributed by atoms with Crippen LogP contribution in [0.15, 0.2) is 24.3 Å². The van der Waals surface area contributed by atoms with Crippen molar-refractivity contribution in [3.05, 3.63) is 29.8 Å². The molecular formula is C18H30N2O. The van der Waals surface area contributed by atoms with Gasteiger partial charge in [0.05, 0.1) is 0 Å². The molecule has 3 nitrogen and oxygen atoms in total. The van der Waals surface area contributed by atoms with Gasteiger partial charge in [-0.3, -0.25) is 0 Å². The minimum atomic E-state index is -0.0924. The van der Waals surface area contributed by atoms with Crippen molar-refractivity contribution in [3.63, 3.8) is 0 Å². The van der Waals surface area contributed by atoms with Crippen LogP contribution in [0.25, 0.3) is 0 Å². The second kappa shape index (κ2) is 7.28. The van der Waals surface area contributed by atoms with Crippen molar-refractivity contribution >= 4 is 0 Å². The van der Waals surface area contributed by atoms with Gasteiger partial charge in [-0.2, -0.15) is 0 Å². The Morgan fingerprint density at radius 3 is 2.67 bits per heavy atom. The molecule has 0 fully saturated rings. The minimum Gasteiger partial charge on any atom is -0.487 e. The lowest BCUT2D eigenvalue weighted by atomic mass is 9.89. The molecule has 1 atom stereocenters. The monoisotopic (exact) mass is 290 g/mol. The summed E-state index contributed by atoms with van der Waals surface area (Å²) in [6.45, 7) is 13.3. The average Bonchev–Trinajstić information content (AvgIpc) is 2.46. The molecule has 118 valence electrons. The SMILES string of the molecule is CCN(CC)CCCNC1CC(C)(C)Oc2ccccc21. The normalized spacial score (nSPS) is 20.1. The third kappa shape index (κ3) is 4.45. The molecule has 1 unspecified atom stereocenters. The molecule has 1 aliphatic rings. The Morgan fingerprint density at radius 2 is 1.95 bits per heavy atom. The zero-order valence-electron chi connectivity index (χ0n) is 14.0. The van der Waals surface area contributed by atoms with Crippen LogP contribution in [-0.2, 0) is 0 Å². The molecule has 0 saturated carbocycles. The first-order valence-corrected chi connectivity index (χ1v) is 8.29. The number of para-hydroxylation sites is 1. The summed E-state index contributed by atoms with van der Waals surface area (Å²) in [7, 11) is 0. The van der Waals surface area contributed by atoms with Crippen molar-refractivity contribution in [2.75, 3.05) is 26.2 Å². The highest BCUT2D eigenvalue weighted by Crippen LogP contribution is 2.39. The van der Waals surface area contributed by atoms with Crippen molar-refractivity contribution in [2.45, 2.75) is 52.2 Å². The second-order valence-corrected chi connectivity index (χ2v) is 6.49. The molecule has 1 aromatic carbocycles. The van der Waals surface area contributed by atoms with E-state index in [2.05, 4.69) is 62.2 Å². The molecule has 1 heterocycles. The van der Waals surface area contributed by atoms with Gasteiger partial charge in [-0.25, -0.2) is 0 Å². The summed E-state index contributed by atoms with van der Waals surface area (Å²) in [6, 6.07) is 8.83. The van der Waals surface area contributed by atoms with Gasteiger partial charge in [0.2, 0.25) is 0 Å². The zero-order valence-corrected chi connectivity index (χ0v) is 14.0. The third-order valence-electron chi connectivity index (χ3n) is 4.31. The number of nitrogens with one attached hydrogen (secondary N) is 1. The number of hydrogen-bond acceptors (Lipinski definition) is 3. The Kier molecular flexibility index (Phi) is 5.65. The van der Waals surface area contributed by atoms with Gasteiger partial charge >= 0.3 is 0 Å². The number of benzene rings is 1. The van der Waals surface area contributed by atoms with E-state index in [0.29, 0.717) is 6.04 Å². The summed E-state index contributed by atoms with van der Waals surface area (Å²) >= 11 is 0. The Bertz CT molecular complexity index is 441. The van der Waals surface area contributed by atoms with Gasteiger partial charge in [0.25, 0.3) is 0 Å². The molecule has 21 heavy (non-hydrogen) atoms. The van der Waals surface area contributed by atoms with Gasteiger partial charge in [-0.15, -0.1) is 0 Å². The highest BCUT2D eigenvalue weighted by molar-refractivity contribution is 5.38. The predicted octanol–water partition coefficient (Wildman–Crippen LogP) is 3.61. The topological polar surface area (TPSA) is 24.5 Å². The highest BCUT2D eigenvalue weighted by atomic mass is 16.5. The summed E-state index contributed by atoms with van der Waals surface area (Å²) in [5, 5.41) is 3.73. The van der Waals surface area contributed by atoms with E-state index >= 15 is 0 Å². The number of fused-ring (bicyclic) bond motifs is 1. The van der Waals surface area contributed by atoms with Gasteiger partial charge in [-0.1, -0.05) is 32.0 Å². The Labute approximate surface area is 129 Å². The van der Waals surface area contributed by atoms with Crippen LogP contribution in [0.3, 0.4) is 0 Å². The first kappa shape index (κ1) is 16.3. The van der Waals surface area contributed by atoms with Crippen LogP contribution in [0.1, 0.15) is 52.1 Å². The van der Waals surface area contributed by atoms with Gasteiger partial charge in [0, 0.05) is 18.0 Å². The zero-order chi connectivity index (χ0) is 15.3. The van der Waals surface area contributed by atoms with Gasteiger partial charge < -0.3 is 15.0 Å². The number of hydrogen-bond donors (Lipinski definition) is 1. The molecule has 0 spiro atoms. The molecule has 0 radical (unpaired) electrons. The van der Waals surface area contributed by atoms with E-state index in [0.717, 1.165) is 31.8 Å². The number of rotatable bonds is 7. The van der Waals surface area contributed by atoms with Crippen molar-refractivity contribution in [3.8, 4) is 5.75 Å². The van der Waals surface area contributed by atoms with E-state index in [1.165, 1.54) is 18.5 Å². The van der Waals surface area contributed by atoms with E-state index in [1.807, 2.05) is 0 Å². The maximum Gasteiger partial charge on any atom is 0.124 e. The molecule has 0 saturated heterocycles. The summed E-state index contributed by atoms with van der Waals surface area (Å²) in [5.41, 5.74) is 1.21. The summed E-state index contributed by atoms with van der Waals surface area (Å²) in [6.07, 6.45) is 2.22. The van der Waals surface area contributed by atoms with E-state index in [-0.39, 0.29) is 5.60 Å². The fraction of sp³-hybridized carbons (Fsp3) is 0.667.